The summed E-state index contributed by atoms with van der Waals surface area (Å²) >= 11 is 0. The molecule has 0 aliphatic heterocycles. The Bertz CT molecular complexity index is 1540. The van der Waals surface area contributed by atoms with E-state index >= 15 is 0 Å². The highest BCUT2D eigenvalue weighted by molar-refractivity contribution is 5.95. The number of carbonyl (C=O) groups excluding carboxylic acids is 1. The molecule has 3 aromatic carbocycles. The Hall–Kier alpha value is -4.62. The highest BCUT2D eigenvalue weighted by Gasteiger charge is 2.16. The lowest BCUT2D eigenvalue weighted by atomic mass is 10.1. The van der Waals surface area contributed by atoms with Crippen LogP contribution < -0.4 is 21.3 Å². The second-order valence-corrected chi connectivity index (χ2v) is 9.44. The molecule has 7 heteroatoms. The molecule has 4 N–H and O–H groups in total. The summed E-state index contributed by atoms with van der Waals surface area (Å²) in [7, 11) is 4.04. The first-order chi connectivity index (χ1) is 18.5. The molecule has 0 unspecified atom stereocenters. The van der Waals surface area contributed by atoms with Gasteiger partial charge in [0.15, 0.2) is 0 Å². The lowest BCUT2D eigenvalue weighted by molar-refractivity contribution is 0.0951. The summed E-state index contributed by atoms with van der Waals surface area (Å²) in [4.78, 5) is 20.0. The Morgan fingerprint density at radius 1 is 0.868 bits per heavy atom. The van der Waals surface area contributed by atoms with Crippen molar-refractivity contribution in [2.45, 2.75) is 19.6 Å². The number of nitrogens with two attached hydrogens (primary N) is 1. The summed E-state index contributed by atoms with van der Waals surface area (Å²) < 4.78 is 2.00. The maximum atomic E-state index is 13.0. The second-order valence-electron chi connectivity index (χ2n) is 9.44. The molecule has 38 heavy (non-hydrogen) atoms. The summed E-state index contributed by atoms with van der Waals surface area (Å²) in [5.74, 6) is 0.733. The fourth-order valence-electron chi connectivity index (χ4n) is 4.41. The topological polar surface area (TPSA) is 87.7 Å². The molecule has 5 rings (SSSR count). The predicted octanol–water partition coefficient (Wildman–Crippen LogP) is 5.07. The van der Waals surface area contributed by atoms with Gasteiger partial charge in [0.05, 0.1) is 0 Å². The zero-order valence-electron chi connectivity index (χ0n) is 21.7. The quantitative estimate of drug-likeness (QED) is 0.261. The first kappa shape index (κ1) is 25.0. The number of nitrogens with one attached hydrogen (secondary N) is 2. The van der Waals surface area contributed by atoms with Gasteiger partial charge in [0.1, 0.15) is 17.2 Å². The largest absolute Gasteiger partial charge is 0.378 e. The monoisotopic (exact) mass is 504 g/mol. The number of nitrogens with zero attached hydrogens (tertiary/aromatic N) is 3. The van der Waals surface area contributed by atoms with E-state index in [1.165, 1.54) is 5.56 Å². The molecule has 0 aliphatic carbocycles. The number of amides is 1. The summed E-state index contributed by atoms with van der Waals surface area (Å²) in [5, 5.41) is 6.58. The minimum Gasteiger partial charge on any atom is -0.378 e. The summed E-state index contributed by atoms with van der Waals surface area (Å²) in [6, 6.07) is 30.2. The Morgan fingerprint density at radius 3 is 2.34 bits per heavy atom. The molecular weight excluding hydrogens is 472 g/mol. The Kier molecular flexibility index (Phi) is 7.38. The molecule has 2 aromatic heterocycles. The van der Waals surface area contributed by atoms with E-state index in [4.69, 9.17) is 10.7 Å². The van der Waals surface area contributed by atoms with E-state index in [1.807, 2.05) is 79.3 Å². The van der Waals surface area contributed by atoms with Crippen molar-refractivity contribution >= 4 is 23.1 Å². The van der Waals surface area contributed by atoms with Crippen LogP contribution >= 0.6 is 0 Å². The van der Waals surface area contributed by atoms with Crippen LogP contribution in [0.25, 0.3) is 16.9 Å². The third kappa shape index (κ3) is 5.53. The van der Waals surface area contributed by atoms with E-state index in [9.17, 15) is 4.79 Å². The molecular formula is C31H32N6O. The summed E-state index contributed by atoms with van der Waals surface area (Å²) in [6.45, 7) is 1.56. The van der Waals surface area contributed by atoms with Gasteiger partial charge in [0.2, 0.25) is 0 Å². The van der Waals surface area contributed by atoms with Crippen molar-refractivity contribution in [1.29, 1.82) is 0 Å². The smallest absolute Gasteiger partial charge is 0.251 e. The van der Waals surface area contributed by atoms with Gasteiger partial charge in [-0.1, -0.05) is 66.7 Å². The molecule has 0 spiro atoms. The minimum atomic E-state index is -0.149. The van der Waals surface area contributed by atoms with Crippen LogP contribution in [0.2, 0.25) is 0 Å². The number of aromatic nitrogens is 2. The van der Waals surface area contributed by atoms with Crippen LogP contribution in [-0.4, -0.2) is 29.4 Å². The number of hydrogen-bond donors (Lipinski definition) is 3. The van der Waals surface area contributed by atoms with Gasteiger partial charge in [-0.05, 0) is 41.0 Å². The number of fused-ring (bicyclic) bond motifs is 1. The van der Waals surface area contributed by atoms with Gasteiger partial charge in [-0.25, -0.2) is 4.98 Å². The molecule has 0 bridgehead atoms. The van der Waals surface area contributed by atoms with Crippen molar-refractivity contribution in [3.05, 3.63) is 119 Å². The summed E-state index contributed by atoms with van der Waals surface area (Å²) in [6.07, 6.45) is 1.90. The molecule has 0 atom stereocenters. The minimum absolute atomic E-state index is 0.149. The Morgan fingerprint density at radius 2 is 1.61 bits per heavy atom. The van der Waals surface area contributed by atoms with Gasteiger partial charge in [0, 0.05) is 56.7 Å². The number of anilines is 2. The molecule has 2 heterocycles. The van der Waals surface area contributed by atoms with E-state index in [-0.39, 0.29) is 5.91 Å². The standard InChI is InChI=1S/C31H32N6O/c1-36(2)27-13-11-25(12-14-27)29-30(33-20-22-7-4-3-5-8-22)37-16-15-26(18-28(37)35-29)31(38)34-21-24-10-6-9-23(17-24)19-32/h3-18,33H,19-21,32H2,1-2H3,(H,34,38). The first-order valence-corrected chi connectivity index (χ1v) is 12.7. The third-order valence-corrected chi connectivity index (χ3v) is 6.53. The van der Waals surface area contributed by atoms with Crippen LogP contribution in [0.15, 0.2) is 97.2 Å². The number of hydrogen-bond acceptors (Lipinski definition) is 5. The van der Waals surface area contributed by atoms with Gasteiger partial charge in [0.25, 0.3) is 5.91 Å². The number of rotatable bonds is 9. The Labute approximate surface area is 222 Å². The van der Waals surface area contributed by atoms with E-state index in [0.29, 0.717) is 30.8 Å². The summed E-state index contributed by atoms with van der Waals surface area (Å²) in [5.41, 5.74) is 13.2. The number of pyridine rings is 1. The maximum absolute atomic E-state index is 13.0. The van der Waals surface area contributed by atoms with Crippen molar-refractivity contribution < 1.29 is 4.79 Å². The molecule has 192 valence electrons. The lowest BCUT2D eigenvalue weighted by Crippen LogP contribution is -2.23. The van der Waals surface area contributed by atoms with Crippen LogP contribution in [0, 0.1) is 0 Å². The SMILES string of the molecule is CN(C)c1ccc(-c2nc3cc(C(=O)NCc4cccc(CN)c4)ccn3c2NCc2ccccc2)cc1. The van der Waals surface area contributed by atoms with Crippen molar-refractivity contribution in [2.24, 2.45) is 5.73 Å². The van der Waals surface area contributed by atoms with Crippen molar-refractivity contribution in [2.75, 3.05) is 24.3 Å². The third-order valence-electron chi connectivity index (χ3n) is 6.53. The lowest BCUT2D eigenvalue weighted by Gasteiger charge is -2.13. The van der Waals surface area contributed by atoms with Crippen LogP contribution in [0.4, 0.5) is 11.5 Å². The van der Waals surface area contributed by atoms with E-state index < -0.39 is 0 Å². The fraction of sp³-hybridized carbons (Fsp3) is 0.161. The van der Waals surface area contributed by atoms with E-state index in [0.717, 1.165) is 33.9 Å². The molecule has 0 radical (unpaired) electrons. The molecule has 0 saturated carbocycles. The normalized spacial score (nSPS) is 10.9. The van der Waals surface area contributed by atoms with Crippen molar-refractivity contribution in [3.63, 3.8) is 0 Å². The molecule has 5 aromatic rings. The number of imidazole rings is 1. The van der Waals surface area contributed by atoms with E-state index in [2.05, 4.69) is 51.9 Å². The van der Waals surface area contributed by atoms with Gasteiger partial charge in [-0.2, -0.15) is 0 Å². The molecule has 1 amide bonds. The average molecular weight is 505 g/mol. The Balaban J connectivity index is 1.44. The zero-order chi connectivity index (χ0) is 26.5. The highest BCUT2D eigenvalue weighted by Crippen LogP contribution is 2.31. The van der Waals surface area contributed by atoms with Crippen LogP contribution in [-0.2, 0) is 19.6 Å². The molecule has 0 fully saturated rings. The van der Waals surface area contributed by atoms with Crippen molar-refractivity contribution in [3.8, 4) is 11.3 Å². The predicted molar refractivity (Wildman–Crippen MR) is 154 cm³/mol. The van der Waals surface area contributed by atoms with Crippen LogP contribution in [0.3, 0.4) is 0 Å². The van der Waals surface area contributed by atoms with Gasteiger partial charge < -0.3 is 21.3 Å². The van der Waals surface area contributed by atoms with E-state index in [1.54, 1.807) is 0 Å². The fourth-order valence-corrected chi connectivity index (χ4v) is 4.41. The molecule has 0 saturated heterocycles. The van der Waals surface area contributed by atoms with Crippen molar-refractivity contribution in [1.82, 2.24) is 14.7 Å². The van der Waals surface area contributed by atoms with Crippen LogP contribution in [0.5, 0.6) is 0 Å². The zero-order valence-corrected chi connectivity index (χ0v) is 21.7. The first-order valence-electron chi connectivity index (χ1n) is 12.7. The second kappa shape index (κ2) is 11.2. The number of carbonyl (C=O) groups is 1. The molecule has 7 nitrogen and oxygen atoms in total. The maximum Gasteiger partial charge on any atom is 0.251 e. The highest BCUT2D eigenvalue weighted by atomic mass is 16.1. The van der Waals surface area contributed by atoms with Gasteiger partial charge in [-0.3, -0.25) is 9.20 Å². The average Bonchev–Trinajstić information content (AvgIpc) is 3.33. The number of benzene rings is 3. The van der Waals surface area contributed by atoms with Crippen LogP contribution in [0.1, 0.15) is 27.0 Å². The van der Waals surface area contributed by atoms with Gasteiger partial charge >= 0.3 is 0 Å². The van der Waals surface area contributed by atoms with Gasteiger partial charge in [-0.15, -0.1) is 0 Å². The molecule has 0 aliphatic rings.